The van der Waals surface area contributed by atoms with Gasteiger partial charge < -0.3 is 19.7 Å². The standard InChI is InChI=1S/C37H40ClN3O6S/c1-46-34-22-21-30(24-35(34)47-2)41(48(44,45)31-18-7-4-8-19-31)26-36(42)40(25-28-15-9-12-20-32(28)38)33(23-27-13-5-3-6-14-27)37(43)39-29-16-10-11-17-29/h3-9,12-15,18-22,24,29,33H,10-11,16-17,23,25-26H2,1-2H3,(H,39,43). The van der Waals surface area contributed by atoms with Gasteiger partial charge in [-0.25, -0.2) is 8.42 Å². The monoisotopic (exact) mass is 689 g/mol. The molecule has 0 aromatic heterocycles. The molecule has 1 aliphatic rings. The van der Waals surface area contributed by atoms with E-state index < -0.39 is 28.5 Å². The van der Waals surface area contributed by atoms with Crippen LogP contribution < -0.4 is 19.1 Å². The summed E-state index contributed by atoms with van der Waals surface area (Å²) in [6.45, 7) is -0.613. The first-order chi connectivity index (χ1) is 23.2. The van der Waals surface area contributed by atoms with Gasteiger partial charge >= 0.3 is 0 Å². The molecule has 9 nitrogen and oxygen atoms in total. The highest BCUT2D eigenvalue weighted by atomic mass is 35.5. The minimum absolute atomic E-state index is 0.00468. The van der Waals surface area contributed by atoms with E-state index in [0.717, 1.165) is 35.6 Å². The lowest BCUT2D eigenvalue weighted by Gasteiger charge is -2.34. The molecule has 5 rings (SSSR count). The molecule has 1 saturated carbocycles. The van der Waals surface area contributed by atoms with E-state index in [9.17, 15) is 18.0 Å². The van der Waals surface area contributed by atoms with E-state index in [1.54, 1.807) is 48.5 Å². The summed E-state index contributed by atoms with van der Waals surface area (Å²) in [4.78, 5) is 30.3. The Kier molecular flexibility index (Phi) is 11.6. The molecule has 1 fully saturated rings. The predicted octanol–water partition coefficient (Wildman–Crippen LogP) is 6.25. The molecule has 0 aliphatic heterocycles. The molecule has 1 aliphatic carbocycles. The van der Waals surface area contributed by atoms with Gasteiger partial charge in [-0.3, -0.25) is 13.9 Å². The minimum atomic E-state index is -4.27. The molecule has 4 aromatic rings. The van der Waals surface area contributed by atoms with Crippen molar-refractivity contribution in [3.63, 3.8) is 0 Å². The van der Waals surface area contributed by atoms with Crippen molar-refractivity contribution in [1.82, 2.24) is 10.2 Å². The van der Waals surface area contributed by atoms with Gasteiger partial charge in [0.1, 0.15) is 12.6 Å². The third-order valence-electron chi connectivity index (χ3n) is 8.54. The fourth-order valence-electron chi connectivity index (χ4n) is 5.96. The van der Waals surface area contributed by atoms with Crippen LogP contribution in [0.1, 0.15) is 36.8 Å². The number of sulfonamides is 1. The van der Waals surface area contributed by atoms with E-state index in [2.05, 4.69) is 5.32 Å². The summed E-state index contributed by atoms with van der Waals surface area (Å²) in [5, 5.41) is 3.60. The number of nitrogens with zero attached hydrogens (tertiary/aromatic N) is 2. The Morgan fingerprint density at radius 1 is 0.854 bits per heavy atom. The largest absolute Gasteiger partial charge is 0.493 e. The third kappa shape index (κ3) is 8.29. The van der Waals surface area contributed by atoms with Crippen LogP contribution in [0.25, 0.3) is 0 Å². The second kappa shape index (κ2) is 16.0. The molecule has 1 atom stereocenters. The molecule has 48 heavy (non-hydrogen) atoms. The average molecular weight is 690 g/mol. The van der Waals surface area contributed by atoms with Gasteiger partial charge in [-0.2, -0.15) is 0 Å². The highest BCUT2D eigenvalue weighted by Gasteiger charge is 2.36. The molecular formula is C37H40ClN3O6S. The Balaban J connectivity index is 1.59. The summed E-state index contributed by atoms with van der Waals surface area (Å²) < 4.78 is 40.4. The molecule has 4 aromatic carbocycles. The first kappa shape index (κ1) is 34.8. The highest BCUT2D eigenvalue weighted by molar-refractivity contribution is 7.92. The molecule has 252 valence electrons. The first-order valence-electron chi connectivity index (χ1n) is 15.9. The maximum absolute atomic E-state index is 14.7. The SMILES string of the molecule is COc1ccc(N(CC(=O)N(Cc2ccccc2Cl)C(Cc2ccccc2)C(=O)NC2CCCC2)S(=O)(=O)c2ccccc2)cc1OC. The number of carbonyl (C=O) groups excluding carboxylic acids is 2. The quantitative estimate of drug-likeness (QED) is 0.168. The van der Waals surface area contributed by atoms with E-state index in [1.165, 1.54) is 37.3 Å². The topological polar surface area (TPSA) is 105 Å². The smallest absolute Gasteiger partial charge is 0.264 e. The van der Waals surface area contributed by atoms with Crippen molar-refractivity contribution in [3.8, 4) is 11.5 Å². The molecular weight excluding hydrogens is 650 g/mol. The van der Waals surface area contributed by atoms with Crippen LogP contribution in [-0.4, -0.2) is 58.0 Å². The fourth-order valence-corrected chi connectivity index (χ4v) is 7.58. The third-order valence-corrected chi connectivity index (χ3v) is 10.7. The Labute approximate surface area is 287 Å². The number of methoxy groups -OCH3 is 2. The summed E-state index contributed by atoms with van der Waals surface area (Å²) in [6, 6.07) is 28.2. The molecule has 0 heterocycles. The van der Waals surface area contributed by atoms with Crippen LogP contribution in [0.3, 0.4) is 0 Å². The highest BCUT2D eigenvalue weighted by Crippen LogP contribution is 2.34. The molecule has 0 radical (unpaired) electrons. The predicted molar refractivity (Wildman–Crippen MR) is 187 cm³/mol. The van der Waals surface area contributed by atoms with Gasteiger partial charge in [0, 0.05) is 30.1 Å². The number of amides is 2. The van der Waals surface area contributed by atoms with E-state index in [-0.39, 0.29) is 35.5 Å². The molecule has 1 N–H and O–H groups in total. The summed E-state index contributed by atoms with van der Waals surface area (Å²) in [7, 11) is -1.34. The van der Waals surface area contributed by atoms with E-state index in [0.29, 0.717) is 22.1 Å². The number of nitrogens with one attached hydrogen (secondary N) is 1. The van der Waals surface area contributed by atoms with Crippen molar-refractivity contribution in [2.24, 2.45) is 0 Å². The van der Waals surface area contributed by atoms with Gasteiger partial charge in [-0.15, -0.1) is 0 Å². The zero-order chi connectivity index (χ0) is 34.1. The van der Waals surface area contributed by atoms with Crippen molar-refractivity contribution >= 4 is 39.1 Å². The fraction of sp³-hybridized carbons (Fsp3) is 0.297. The van der Waals surface area contributed by atoms with Crippen LogP contribution in [0.4, 0.5) is 5.69 Å². The molecule has 0 bridgehead atoms. The summed E-state index contributed by atoms with van der Waals surface area (Å²) in [5.74, 6) is -0.181. The van der Waals surface area contributed by atoms with Crippen LogP contribution in [-0.2, 0) is 32.6 Å². The van der Waals surface area contributed by atoms with Gasteiger partial charge in [0.05, 0.1) is 24.8 Å². The average Bonchev–Trinajstić information content (AvgIpc) is 3.62. The Morgan fingerprint density at radius 2 is 1.48 bits per heavy atom. The molecule has 0 spiro atoms. The number of anilines is 1. The number of halogens is 1. The van der Waals surface area contributed by atoms with Crippen molar-refractivity contribution in [3.05, 3.63) is 119 Å². The lowest BCUT2D eigenvalue weighted by Crippen LogP contribution is -2.54. The molecule has 2 amide bonds. The zero-order valence-corrected chi connectivity index (χ0v) is 28.6. The van der Waals surface area contributed by atoms with Crippen LogP contribution in [0.2, 0.25) is 5.02 Å². The molecule has 1 unspecified atom stereocenters. The Hall–Kier alpha value is -4.54. The van der Waals surface area contributed by atoms with E-state index in [1.807, 2.05) is 36.4 Å². The lowest BCUT2D eigenvalue weighted by molar-refractivity contribution is -0.140. The number of carbonyl (C=O) groups is 2. The summed E-state index contributed by atoms with van der Waals surface area (Å²) in [6.07, 6.45) is 4.00. The second-order valence-corrected chi connectivity index (χ2v) is 13.9. The summed E-state index contributed by atoms with van der Waals surface area (Å²) >= 11 is 6.60. The van der Waals surface area contributed by atoms with Crippen LogP contribution in [0, 0.1) is 0 Å². The number of hydrogen-bond donors (Lipinski definition) is 1. The van der Waals surface area contributed by atoms with Gasteiger partial charge in [0.2, 0.25) is 11.8 Å². The summed E-state index contributed by atoms with van der Waals surface area (Å²) in [5.41, 5.74) is 1.68. The van der Waals surface area contributed by atoms with E-state index in [4.69, 9.17) is 21.1 Å². The first-order valence-corrected chi connectivity index (χ1v) is 17.7. The van der Waals surface area contributed by atoms with Gasteiger partial charge in [-0.05, 0) is 54.3 Å². The molecule has 11 heteroatoms. The maximum Gasteiger partial charge on any atom is 0.264 e. The number of hydrogen-bond acceptors (Lipinski definition) is 6. The van der Waals surface area contributed by atoms with E-state index >= 15 is 0 Å². The van der Waals surface area contributed by atoms with Crippen molar-refractivity contribution in [1.29, 1.82) is 0 Å². The Bertz CT molecular complexity index is 1800. The van der Waals surface area contributed by atoms with Crippen LogP contribution >= 0.6 is 11.6 Å². The van der Waals surface area contributed by atoms with Crippen molar-refractivity contribution in [2.75, 3.05) is 25.1 Å². The van der Waals surface area contributed by atoms with Gasteiger partial charge in [0.15, 0.2) is 11.5 Å². The van der Waals surface area contributed by atoms with Gasteiger partial charge in [0.25, 0.3) is 10.0 Å². The maximum atomic E-state index is 14.7. The van der Waals surface area contributed by atoms with Gasteiger partial charge in [-0.1, -0.05) is 91.2 Å². The minimum Gasteiger partial charge on any atom is -0.493 e. The Morgan fingerprint density at radius 3 is 2.12 bits per heavy atom. The normalized spacial score (nSPS) is 13.8. The molecule has 0 saturated heterocycles. The number of rotatable bonds is 14. The zero-order valence-electron chi connectivity index (χ0n) is 27.0. The van der Waals surface area contributed by atoms with Crippen molar-refractivity contribution < 1.29 is 27.5 Å². The second-order valence-electron chi connectivity index (χ2n) is 11.7. The van der Waals surface area contributed by atoms with Crippen LogP contribution in [0.15, 0.2) is 108 Å². The lowest BCUT2D eigenvalue weighted by atomic mass is 10.0. The van der Waals surface area contributed by atoms with Crippen molar-refractivity contribution in [2.45, 2.75) is 55.6 Å². The number of benzene rings is 4. The number of ether oxygens (including phenoxy) is 2. The van der Waals surface area contributed by atoms with Crippen LogP contribution in [0.5, 0.6) is 11.5 Å².